The lowest BCUT2D eigenvalue weighted by Crippen LogP contribution is -2.38. The standard InChI is InChI=1S/C23H25F2N5O2S/c1-14(2)15-6-7-19-20(11-26)22(30(21(19)8-15)17-4-3-5-17)23-27-12-18(13-28-23)33(31,32)29-16(9-24)10-25/h6-8,12-14,16-17,29H,3-5,9-10H2,1-2H3. The van der Waals surface area contributed by atoms with E-state index in [1.807, 2.05) is 16.9 Å². The van der Waals surface area contributed by atoms with Gasteiger partial charge < -0.3 is 4.57 Å². The van der Waals surface area contributed by atoms with E-state index in [9.17, 15) is 22.5 Å². The first-order valence-electron chi connectivity index (χ1n) is 10.8. The third-order valence-electron chi connectivity index (χ3n) is 6.09. The number of nitrogens with one attached hydrogen (secondary N) is 1. The minimum Gasteiger partial charge on any atom is -0.334 e. The van der Waals surface area contributed by atoms with E-state index in [1.54, 1.807) is 0 Å². The Bertz CT molecular complexity index is 1310. The first-order chi connectivity index (χ1) is 15.8. The number of nitriles is 1. The van der Waals surface area contributed by atoms with Gasteiger partial charge in [0.15, 0.2) is 5.82 Å². The van der Waals surface area contributed by atoms with Crippen LogP contribution in [0.25, 0.3) is 22.4 Å². The second-order valence-corrected chi connectivity index (χ2v) is 10.3. The van der Waals surface area contributed by atoms with Crippen molar-refractivity contribution in [3.05, 3.63) is 41.7 Å². The summed E-state index contributed by atoms with van der Waals surface area (Å²) in [7, 11) is -4.18. The maximum Gasteiger partial charge on any atom is 0.244 e. The van der Waals surface area contributed by atoms with Crippen LogP contribution in [0.4, 0.5) is 8.78 Å². The van der Waals surface area contributed by atoms with Gasteiger partial charge in [-0.25, -0.2) is 31.9 Å². The largest absolute Gasteiger partial charge is 0.334 e. The highest BCUT2D eigenvalue weighted by Gasteiger charge is 2.29. The topological polar surface area (TPSA) is 101 Å². The SMILES string of the molecule is CC(C)c1ccc2c(C#N)c(-c3ncc(S(=O)(=O)NC(CF)CF)cn3)n(C3CCC3)c2c1. The van der Waals surface area contributed by atoms with Gasteiger partial charge in [0.1, 0.15) is 30.0 Å². The van der Waals surface area contributed by atoms with Crippen molar-refractivity contribution in [1.82, 2.24) is 19.3 Å². The Labute approximate surface area is 191 Å². The number of alkyl halides is 2. The Morgan fingerprint density at radius 3 is 2.39 bits per heavy atom. The Balaban J connectivity index is 1.83. The van der Waals surface area contributed by atoms with Crippen LogP contribution in [0.15, 0.2) is 35.5 Å². The number of fused-ring (bicyclic) bond motifs is 1. The molecule has 0 unspecified atom stereocenters. The summed E-state index contributed by atoms with van der Waals surface area (Å²) in [5.74, 6) is 0.547. The second kappa shape index (κ2) is 9.15. The third-order valence-corrected chi connectivity index (χ3v) is 7.57. The van der Waals surface area contributed by atoms with Gasteiger partial charge in [-0.1, -0.05) is 26.0 Å². The maximum atomic E-state index is 12.8. The highest BCUT2D eigenvalue weighted by molar-refractivity contribution is 7.89. The minimum atomic E-state index is -4.18. The van der Waals surface area contributed by atoms with E-state index in [2.05, 4.69) is 40.5 Å². The quantitative estimate of drug-likeness (QED) is 0.522. The molecule has 2 aromatic heterocycles. The van der Waals surface area contributed by atoms with Crippen molar-refractivity contribution >= 4 is 20.9 Å². The number of rotatable bonds is 8. The number of hydrogen-bond acceptors (Lipinski definition) is 5. The van der Waals surface area contributed by atoms with Crippen LogP contribution in [-0.2, 0) is 10.0 Å². The van der Waals surface area contributed by atoms with E-state index in [1.165, 1.54) is 0 Å². The van der Waals surface area contributed by atoms with Crippen molar-refractivity contribution in [3.8, 4) is 17.6 Å². The number of benzene rings is 1. The fourth-order valence-corrected chi connectivity index (χ4v) is 5.10. The van der Waals surface area contributed by atoms with Crippen LogP contribution in [0, 0.1) is 11.3 Å². The van der Waals surface area contributed by atoms with Crippen LogP contribution >= 0.6 is 0 Å². The first kappa shape index (κ1) is 23.3. The second-order valence-electron chi connectivity index (χ2n) is 8.59. The minimum absolute atomic E-state index is 0.204. The molecule has 1 fully saturated rings. The molecule has 0 spiro atoms. The summed E-state index contributed by atoms with van der Waals surface area (Å²) >= 11 is 0. The average Bonchev–Trinajstić information content (AvgIpc) is 3.09. The molecular formula is C23H25F2N5O2S. The Morgan fingerprint density at radius 2 is 1.88 bits per heavy atom. The fourth-order valence-electron chi connectivity index (χ4n) is 4.01. The maximum absolute atomic E-state index is 12.8. The molecule has 1 aliphatic rings. The van der Waals surface area contributed by atoms with E-state index < -0.39 is 29.4 Å². The van der Waals surface area contributed by atoms with Gasteiger partial charge in [-0.2, -0.15) is 5.26 Å². The molecule has 2 heterocycles. The van der Waals surface area contributed by atoms with Crippen molar-refractivity contribution in [2.45, 2.75) is 56.0 Å². The number of hydrogen-bond donors (Lipinski definition) is 1. The van der Waals surface area contributed by atoms with E-state index in [0.29, 0.717) is 17.2 Å². The molecule has 1 saturated carbocycles. The lowest BCUT2D eigenvalue weighted by molar-refractivity contribution is 0.323. The monoisotopic (exact) mass is 473 g/mol. The van der Waals surface area contributed by atoms with Gasteiger partial charge in [-0.3, -0.25) is 0 Å². The van der Waals surface area contributed by atoms with E-state index in [-0.39, 0.29) is 16.8 Å². The Kier molecular flexibility index (Phi) is 6.45. The molecule has 0 aliphatic heterocycles. The molecule has 10 heteroatoms. The zero-order valence-electron chi connectivity index (χ0n) is 18.4. The molecular weight excluding hydrogens is 448 g/mol. The lowest BCUT2D eigenvalue weighted by atomic mass is 9.92. The van der Waals surface area contributed by atoms with Gasteiger partial charge in [0, 0.05) is 11.4 Å². The molecule has 3 aromatic rings. The molecule has 1 N–H and O–H groups in total. The number of aromatic nitrogens is 3. The fraction of sp³-hybridized carbons (Fsp3) is 0.435. The third kappa shape index (κ3) is 4.23. The molecule has 1 aromatic carbocycles. The molecule has 7 nitrogen and oxygen atoms in total. The summed E-state index contributed by atoms with van der Waals surface area (Å²) in [5.41, 5.74) is 3.09. The summed E-state index contributed by atoms with van der Waals surface area (Å²) < 4.78 is 54.5. The number of halogens is 2. The van der Waals surface area contributed by atoms with Crippen LogP contribution in [0.3, 0.4) is 0 Å². The average molecular weight is 474 g/mol. The molecule has 0 bridgehead atoms. The summed E-state index contributed by atoms with van der Waals surface area (Å²) in [4.78, 5) is 8.19. The van der Waals surface area contributed by atoms with E-state index in [4.69, 9.17) is 0 Å². The summed E-state index contributed by atoms with van der Waals surface area (Å²) in [6.45, 7) is 1.88. The predicted octanol–water partition coefficient (Wildman–Crippen LogP) is 4.40. The lowest BCUT2D eigenvalue weighted by Gasteiger charge is -2.30. The van der Waals surface area contributed by atoms with Crippen molar-refractivity contribution in [1.29, 1.82) is 5.26 Å². The van der Waals surface area contributed by atoms with E-state index >= 15 is 0 Å². The molecule has 33 heavy (non-hydrogen) atoms. The molecule has 0 atom stereocenters. The summed E-state index contributed by atoms with van der Waals surface area (Å²) in [5, 5.41) is 10.8. The Hall–Kier alpha value is -2.90. The van der Waals surface area contributed by atoms with Crippen molar-refractivity contribution in [2.24, 2.45) is 0 Å². The van der Waals surface area contributed by atoms with Crippen LogP contribution in [0.2, 0.25) is 0 Å². The predicted molar refractivity (Wildman–Crippen MR) is 121 cm³/mol. The normalized spacial score (nSPS) is 14.7. The zero-order chi connectivity index (χ0) is 23.8. The summed E-state index contributed by atoms with van der Waals surface area (Å²) in [6, 6.07) is 7.07. The van der Waals surface area contributed by atoms with Gasteiger partial charge in [-0.05, 0) is 36.8 Å². The van der Waals surface area contributed by atoms with Gasteiger partial charge in [0.05, 0.1) is 29.5 Å². The smallest absolute Gasteiger partial charge is 0.244 e. The molecule has 174 valence electrons. The van der Waals surface area contributed by atoms with E-state index in [0.717, 1.165) is 48.1 Å². The molecule has 0 radical (unpaired) electrons. The first-order valence-corrected chi connectivity index (χ1v) is 12.3. The van der Waals surface area contributed by atoms with Crippen LogP contribution < -0.4 is 4.72 Å². The van der Waals surface area contributed by atoms with Gasteiger partial charge in [0.25, 0.3) is 0 Å². The highest BCUT2D eigenvalue weighted by Crippen LogP contribution is 2.42. The zero-order valence-corrected chi connectivity index (χ0v) is 19.2. The van der Waals surface area contributed by atoms with Crippen LogP contribution in [-0.4, -0.2) is 42.3 Å². The Morgan fingerprint density at radius 1 is 1.21 bits per heavy atom. The molecule has 1 aliphatic carbocycles. The van der Waals surface area contributed by atoms with Crippen molar-refractivity contribution in [2.75, 3.05) is 13.3 Å². The van der Waals surface area contributed by atoms with Crippen LogP contribution in [0.1, 0.15) is 56.2 Å². The van der Waals surface area contributed by atoms with Crippen LogP contribution in [0.5, 0.6) is 0 Å². The van der Waals surface area contributed by atoms with Gasteiger partial charge >= 0.3 is 0 Å². The number of nitrogens with zero attached hydrogens (tertiary/aromatic N) is 4. The van der Waals surface area contributed by atoms with Crippen molar-refractivity contribution < 1.29 is 17.2 Å². The molecule has 0 amide bonds. The van der Waals surface area contributed by atoms with Gasteiger partial charge in [-0.15, -0.1) is 0 Å². The van der Waals surface area contributed by atoms with Gasteiger partial charge in [0.2, 0.25) is 10.0 Å². The van der Waals surface area contributed by atoms with Crippen molar-refractivity contribution in [3.63, 3.8) is 0 Å². The molecule has 0 saturated heterocycles. The summed E-state index contributed by atoms with van der Waals surface area (Å²) in [6.07, 6.45) is 5.22. The highest BCUT2D eigenvalue weighted by atomic mass is 32.2. The molecule has 4 rings (SSSR count). The number of sulfonamides is 1.